The number of hydrogen-bond donors (Lipinski definition) is 0. The van der Waals surface area contributed by atoms with Gasteiger partial charge in [-0.15, -0.1) is 0 Å². The highest BCUT2D eigenvalue weighted by molar-refractivity contribution is 5.18. The van der Waals surface area contributed by atoms with E-state index < -0.39 is 0 Å². The van der Waals surface area contributed by atoms with Gasteiger partial charge < -0.3 is 4.74 Å². The van der Waals surface area contributed by atoms with Crippen LogP contribution in [0.25, 0.3) is 0 Å². The van der Waals surface area contributed by atoms with Crippen molar-refractivity contribution in [1.82, 2.24) is 0 Å². The largest absolute Gasteiger partial charge is 0.368 e. The van der Waals surface area contributed by atoms with Crippen LogP contribution in [-0.2, 0) is 4.74 Å². The zero-order valence-electron chi connectivity index (χ0n) is 12.1. The van der Waals surface area contributed by atoms with Gasteiger partial charge in [-0.25, -0.2) is 0 Å². The first kappa shape index (κ1) is 14.2. The van der Waals surface area contributed by atoms with E-state index in [-0.39, 0.29) is 17.1 Å². The van der Waals surface area contributed by atoms with Gasteiger partial charge in [0.05, 0.1) is 11.7 Å². The molecule has 0 aliphatic heterocycles. The third-order valence-corrected chi connectivity index (χ3v) is 2.46. The summed E-state index contributed by atoms with van der Waals surface area (Å²) in [6, 6.07) is 10.5. The third-order valence-electron chi connectivity index (χ3n) is 2.46. The summed E-state index contributed by atoms with van der Waals surface area (Å²) in [7, 11) is 0. The average Bonchev–Trinajstić information content (AvgIpc) is 2.14. The topological polar surface area (TPSA) is 9.23 Å². The van der Waals surface area contributed by atoms with Crippen molar-refractivity contribution in [3.05, 3.63) is 35.9 Å². The molecule has 0 heterocycles. The Balaban J connectivity index is 2.87. The molecule has 0 bridgehead atoms. The van der Waals surface area contributed by atoms with Gasteiger partial charge in [0.2, 0.25) is 0 Å². The Hall–Kier alpha value is -0.820. The number of ether oxygens (including phenoxy) is 1. The molecule has 0 saturated carbocycles. The molecule has 0 aromatic heterocycles. The maximum absolute atomic E-state index is 6.20. The van der Waals surface area contributed by atoms with Crippen molar-refractivity contribution in [1.29, 1.82) is 0 Å². The first-order valence-electron chi connectivity index (χ1n) is 6.40. The normalized spacial score (nSPS) is 14.7. The van der Waals surface area contributed by atoms with Crippen LogP contribution in [-0.4, -0.2) is 5.60 Å². The predicted octanol–water partition coefficient (Wildman–Crippen LogP) is 4.98. The molecule has 1 atom stereocenters. The van der Waals surface area contributed by atoms with E-state index in [1.165, 1.54) is 5.56 Å². The Morgan fingerprint density at radius 3 is 1.88 bits per heavy atom. The molecule has 0 aliphatic rings. The minimum atomic E-state index is -0.105. The highest BCUT2D eigenvalue weighted by Gasteiger charge is 2.25. The lowest BCUT2D eigenvalue weighted by Gasteiger charge is -2.32. The molecule has 0 amide bonds. The van der Waals surface area contributed by atoms with Crippen LogP contribution in [0.5, 0.6) is 0 Å². The molecule has 0 N–H and O–H groups in total. The van der Waals surface area contributed by atoms with E-state index in [1.54, 1.807) is 0 Å². The van der Waals surface area contributed by atoms with Crippen LogP contribution in [0, 0.1) is 5.41 Å². The van der Waals surface area contributed by atoms with Gasteiger partial charge in [0.1, 0.15) is 0 Å². The van der Waals surface area contributed by atoms with Crippen molar-refractivity contribution in [3.63, 3.8) is 0 Å². The Labute approximate surface area is 106 Å². The molecule has 96 valence electrons. The van der Waals surface area contributed by atoms with E-state index >= 15 is 0 Å². The third kappa shape index (κ3) is 5.88. The molecule has 0 saturated heterocycles. The first-order chi connectivity index (χ1) is 7.67. The van der Waals surface area contributed by atoms with E-state index in [4.69, 9.17) is 4.74 Å². The van der Waals surface area contributed by atoms with Crippen molar-refractivity contribution in [2.45, 2.75) is 59.7 Å². The fourth-order valence-electron chi connectivity index (χ4n) is 1.88. The summed E-state index contributed by atoms with van der Waals surface area (Å²) >= 11 is 0. The molecular formula is C16H26O. The standard InChI is InChI=1S/C16H26O/c1-15(2,3)12-14(17-16(4,5)6)13-10-8-7-9-11-13/h7-11,14H,12H2,1-6H3. The summed E-state index contributed by atoms with van der Waals surface area (Å²) in [5.41, 5.74) is 1.44. The highest BCUT2D eigenvalue weighted by Crippen LogP contribution is 2.34. The zero-order valence-corrected chi connectivity index (χ0v) is 12.1. The van der Waals surface area contributed by atoms with Crippen LogP contribution in [0.3, 0.4) is 0 Å². The van der Waals surface area contributed by atoms with E-state index in [0.29, 0.717) is 0 Å². The summed E-state index contributed by atoms with van der Waals surface area (Å²) < 4.78 is 6.20. The number of rotatable bonds is 3. The number of hydrogen-bond acceptors (Lipinski definition) is 1. The lowest BCUT2D eigenvalue weighted by atomic mass is 9.86. The molecule has 1 aromatic carbocycles. The van der Waals surface area contributed by atoms with Crippen LogP contribution in [0.2, 0.25) is 0 Å². The van der Waals surface area contributed by atoms with E-state index in [9.17, 15) is 0 Å². The summed E-state index contributed by atoms with van der Waals surface area (Å²) in [5.74, 6) is 0. The van der Waals surface area contributed by atoms with Gasteiger partial charge in [0.15, 0.2) is 0 Å². The summed E-state index contributed by atoms with van der Waals surface area (Å²) in [6.45, 7) is 13.1. The quantitative estimate of drug-likeness (QED) is 0.716. The van der Waals surface area contributed by atoms with E-state index in [1.807, 2.05) is 0 Å². The molecular weight excluding hydrogens is 208 g/mol. The van der Waals surface area contributed by atoms with Crippen molar-refractivity contribution in [2.75, 3.05) is 0 Å². The van der Waals surface area contributed by atoms with Gasteiger partial charge in [-0.05, 0) is 38.2 Å². The molecule has 1 unspecified atom stereocenters. The first-order valence-corrected chi connectivity index (χ1v) is 6.40. The summed E-state index contributed by atoms with van der Waals surface area (Å²) in [5, 5.41) is 0. The van der Waals surface area contributed by atoms with E-state index in [2.05, 4.69) is 71.9 Å². The maximum atomic E-state index is 6.20. The average molecular weight is 234 g/mol. The van der Waals surface area contributed by atoms with Gasteiger partial charge >= 0.3 is 0 Å². The Bertz CT molecular complexity index is 311. The minimum Gasteiger partial charge on any atom is -0.368 e. The highest BCUT2D eigenvalue weighted by atomic mass is 16.5. The Morgan fingerprint density at radius 1 is 0.941 bits per heavy atom. The van der Waals surface area contributed by atoms with Crippen LogP contribution in [0.1, 0.15) is 59.6 Å². The molecule has 1 rings (SSSR count). The van der Waals surface area contributed by atoms with Crippen LogP contribution in [0.4, 0.5) is 0 Å². The molecule has 0 fully saturated rings. The molecule has 17 heavy (non-hydrogen) atoms. The van der Waals surface area contributed by atoms with Crippen molar-refractivity contribution >= 4 is 0 Å². The summed E-state index contributed by atoms with van der Waals surface area (Å²) in [6.07, 6.45) is 1.21. The molecule has 0 aliphatic carbocycles. The van der Waals surface area contributed by atoms with Gasteiger partial charge in [0.25, 0.3) is 0 Å². The van der Waals surface area contributed by atoms with Gasteiger partial charge in [-0.3, -0.25) is 0 Å². The van der Waals surface area contributed by atoms with Crippen LogP contribution >= 0.6 is 0 Å². The van der Waals surface area contributed by atoms with Gasteiger partial charge in [-0.1, -0.05) is 51.1 Å². The van der Waals surface area contributed by atoms with Crippen LogP contribution in [0.15, 0.2) is 30.3 Å². The molecule has 1 aromatic rings. The molecule has 0 spiro atoms. The van der Waals surface area contributed by atoms with Crippen molar-refractivity contribution < 1.29 is 4.74 Å². The monoisotopic (exact) mass is 234 g/mol. The van der Waals surface area contributed by atoms with Gasteiger partial charge in [-0.2, -0.15) is 0 Å². The second-order valence-corrected chi connectivity index (χ2v) is 6.89. The second kappa shape index (κ2) is 5.22. The number of benzene rings is 1. The van der Waals surface area contributed by atoms with Crippen molar-refractivity contribution in [2.24, 2.45) is 5.41 Å². The Kier molecular flexibility index (Phi) is 4.37. The van der Waals surface area contributed by atoms with Crippen LogP contribution < -0.4 is 0 Å². The fourth-order valence-corrected chi connectivity index (χ4v) is 1.88. The SMILES string of the molecule is CC(C)(C)CC(OC(C)(C)C)c1ccccc1. The fraction of sp³-hybridized carbons (Fsp3) is 0.625. The minimum absolute atomic E-state index is 0.105. The smallest absolute Gasteiger partial charge is 0.0837 e. The lowest BCUT2D eigenvalue weighted by Crippen LogP contribution is -2.25. The van der Waals surface area contributed by atoms with Gasteiger partial charge in [0, 0.05) is 0 Å². The maximum Gasteiger partial charge on any atom is 0.0837 e. The zero-order chi connectivity index (χ0) is 13.1. The summed E-state index contributed by atoms with van der Waals surface area (Å²) in [4.78, 5) is 0. The Morgan fingerprint density at radius 2 is 1.47 bits per heavy atom. The molecule has 1 heteroatoms. The lowest BCUT2D eigenvalue weighted by molar-refractivity contribution is -0.0763. The van der Waals surface area contributed by atoms with E-state index in [0.717, 1.165) is 6.42 Å². The molecule has 0 radical (unpaired) electrons. The second-order valence-electron chi connectivity index (χ2n) is 6.89. The predicted molar refractivity (Wildman–Crippen MR) is 74.1 cm³/mol. The van der Waals surface area contributed by atoms with Crippen molar-refractivity contribution in [3.8, 4) is 0 Å². The molecule has 1 nitrogen and oxygen atoms in total.